The molecular weight excluding hydrogens is 316 g/mol. The van der Waals surface area contributed by atoms with E-state index in [2.05, 4.69) is 30.9 Å². The fraction of sp³-hybridized carbons (Fsp3) is 0.444. The highest BCUT2D eigenvalue weighted by atomic mass is 16.1. The van der Waals surface area contributed by atoms with E-state index in [-0.39, 0.29) is 5.91 Å². The highest BCUT2D eigenvalue weighted by Crippen LogP contribution is 2.27. The highest BCUT2D eigenvalue weighted by molar-refractivity contribution is 5.76. The molecule has 0 radical (unpaired) electrons. The van der Waals surface area contributed by atoms with E-state index in [1.807, 2.05) is 24.3 Å². The lowest BCUT2D eigenvalue weighted by molar-refractivity contribution is -0.121. The van der Waals surface area contributed by atoms with Gasteiger partial charge >= 0.3 is 0 Å². The molecule has 0 aromatic carbocycles. The second kappa shape index (κ2) is 8.96. The van der Waals surface area contributed by atoms with Gasteiger partial charge in [0.2, 0.25) is 5.91 Å². The van der Waals surface area contributed by atoms with Crippen molar-refractivity contribution >= 4 is 23.4 Å². The number of carbonyl (C=O) groups excluding carboxylic acids is 1. The van der Waals surface area contributed by atoms with Crippen LogP contribution in [-0.4, -0.2) is 33.9 Å². The van der Waals surface area contributed by atoms with E-state index in [1.165, 1.54) is 32.0 Å². The Labute approximate surface area is 147 Å². The first-order chi connectivity index (χ1) is 12.3. The lowest BCUT2D eigenvalue weighted by Gasteiger charge is -2.11. The van der Waals surface area contributed by atoms with Crippen LogP contribution in [0.25, 0.3) is 0 Å². The molecule has 0 spiro atoms. The lowest BCUT2D eigenvalue weighted by Crippen LogP contribution is -2.30. The Hall–Kier alpha value is -2.70. The number of amides is 1. The summed E-state index contributed by atoms with van der Waals surface area (Å²) in [6, 6.07) is 7.45. The molecule has 132 valence electrons. The molecule has 3 N–H and O–H groups in total. The van der Waals surface area contributed by atoms with Gasteiger partial charge in [-0.15, -0.1) is 0 Å². The van der Waals surface area contributed by atoms with Gasteiger partial charge in [0, 0.05) is 31.8 Å². The quantitative estimate of drug-likeness (QED) is 0.640. The number of carbonyl (C=O) groups is 1. The van der Waals surface area contributed by atoms with Crippen LogP contribution in [0.2, 0.25) is 0 Å². The summed E-state index contributed by atoms with van der Waals surface area (Å²) in [6.45, 7) is 1.20. The Balaban J connectivity index is 1.39. The SMILES string of the molecule is O=C(CC1CCCC1)NCCNc1cc(Nc2ccccn2)ncn1. The Morgan fingerprint density at radius 2 is 1.88 bits per heavy atom. The summed E-state index contributed by atoms with van der Waals surface area (Å²) in [4.78, 5) is 24.4. The molecule has 3 rings (SSSR count). The van der Waals surface area contributed by atoms with E-state index in [9.17, 15) is 4.79 Å². The van der Waals surface area contributed by atoms with E-state index in [1.54, 1.807) is 6.20 Å². The average Bonchev–Trinajstić information content (AvgIpc) is 3.13. The Morgan fingerprint density at radius 1 is 1.04 bits per heavy atom. The molecule has 0 saturated heterocycles. The molecule has 25 heavy (non-hydrogen) atoms. The van der Waals surface area contributed by atoms with Gasteiger partial charge in [-0.25, -0.2) is 15.0 Å². The van der Waals surface area contributed by atoms with Crippen molar-refractivity contribution in [3.05, 3.63) is 36.8 Å². The van der Waals surface area contributed by atoms with Gasteiger partial charge in [-0.2, -0.15) is 0 Å². The molecule has 1 saturated carbocycles. The van der Waals surface area contributed by atoms with Gasteiger partial charge in [0.05, 0.1) is 0 Å². The zero-order chi connectivity index (χ0) is 17.3. The van der Waals surface area contributed by atoms with E-state index in [4.69, 9.17) is 0 Å². The van der Waals surface area contributed by atoms with Crippen molar-refractivity contribution in [2.45, 2.75) is 32.1 Å². The van der Waals surface area contributed by atoms with Crippen LogP contribution >= 0.6 is 0 Å². The Kier molecular flexibility index (Phi) is 6.14. The summed E-state index contributed by atoms with van der Waals surface area (Å²) in [5.41, 5.74) is 0. The summed E-state index contributed by atoms with van der Waals surface area (Å²) >= 11 is 0. The minimum absolute atomic E-state index is 0.147. The molecule has 2 aromatic heterocycles. The lowest BCUT2D eigenvalue weighted by atomic mass is 10.0. The fourth-order valence-electron chi connectivity index (χ4n) is 3.03. The van der Waals surface area contributed by atoms with E-state index >= 15 is 0 Å². The Morgan fingerprint density at radius 3 is 2.68 bits per heavy atom. The molecule has 1 aliphatic carbocycles. The summed E-state index contributed by atoms with van der Waals surface area (Å²) < 4.78 is 0. The van der Waals surface area contributed by atoms with Gasteiger partial charge in [-0.05, 0) is 30.9 Å². The highest BCUT2D eigenvalue weighted by Gasteiger charge is 2.17. The van der Waals surface area contributed by atoms with Gasteiger partial charge in [0.25, 0.3) is 0 Å². The molecular formula is C18H24N6O. The molecule has 1 aliphatic rings. The second-order valence-electron chi connectivity index (χ2n) is 6.26. The van der Waals surface area contributed by atoms with Crippen molar-refractivity contribution in [1.82, 2.24) is 20.3 Å². The molecule has 2 heterocycles. The van der Waals surface area contributed by atoms with Crippen LogP contribution in [0.3, 0.4) is 0 Å². The van der Waals surface area contributed by atoms with Crippen LogP contribution < -0.4 is 16.0 Å². The number of hydrogen-bond donors (Lipinski definition) is 3. The molecule has 0 bridgehead atoms. The number of nitrogens with zero attached hydrogens (tertiary/aromatic N) is 3. The number of aromatic nitrogens is 3. The predicted molar refractivity (Wildman–Crippen MR) is 97.6 cm³/mol. The zero-order valence-electron chi connectivity index (χ0n) is 14.2. The van der Waals surface area contributed by atoms with Gasteiger partial charge in [0.15, 0.2) is 0 Å². The predicted octanol–water partition coefficient (Wildman–Crippen LogP) is 2.72. The van der Waals surface area contributed by atoms with Crippen LogP contribution in [0.5, 0.6) is 0 Å². The van der Waals surface area contributed by atoms with Crippen molar-refractivity contribution < 1.29 is 4.79 Å². The van der Waals surface area contributed by atoms with Gasteiger partial charge in [0.1, 0.15) is 23.8 Å². The summed E-state index contributed by atoms with van der Waals surface area (Å²) in [7, 11) is 0. The third-order valence-electron chi connectivity index (χ3n) is 4.29. The maximum Gasteiger partial charge on any atom is 0.220 e. The average molecular weight is 340 g/mol. The molecule has 2 aromatic rings. The molecule has 7 nitrogen and oxygen atoms in total. The zero-order valence-corrected chi connectivity index (χ0v) is 14.2. The third kappa shape index (κ3) is 5.70. The van der Waals surface area contributed by atoms with Crippen molar-refractivity contribution in [2.75, 3.05) is 23.7 Å². The van der Waals surface area contributed by atoms with E-state index in [0.29, 0.717) is 37.1 Å². The second-order valence-corrected chi connectivity index (χ2v) is 6.26. The minimum Gasteiger partial charge on any atom is -0.368 e. The van der Waals surface area contributed by atoms with Crippen LogP contribution in [0.15, 0.2) is 36.8 Å². The van der Waals surface area contributed by atoms with Crippen molar-refractivity contribution in [3.8, 4) is 0 Å². The molecule has 1 amide bonds. The smallest absolute Gasteiger partial charge is 0.220 e. The number of pyridine rings is 1. The van der Waals surface area contributed by atoms with Gasteiger partial charge in [-0.1, -0.05) is 18.9 Å². The fourth-order valence-corrected chi connectivity index (χ4v) is 3.03. The monoisotopic (exact) mass is 340 g/mol. The van der Waals surface area contributed by atoms with Crippen molar-refractivity contribution in [2.24, 2.45) is 5.92 Å². The molecule has 1 fully saturated rings. The maximum atomic E-state index is 11.9. The molecule has 7 heteroatoms. The third-order valence-corrected chi connectivity index (χ3v) is 4.29. The summed E-state index contributed by atoms with van der Waals surface area (Å²) in [5.74, 6) is 2.83. The largest absolute Gasteiger partial charge is 0.368 e. The summed E-state index contributed by atoms with van der Waals surface area (Å²) in [5, 5.41) is 9.28. The first kappa shape index (κ1) is 17.1. The van der Waals surface area contributed by atoms with Gasteiger partial charge in [-0.3, -0.25) is 4.79 Å². The number of hydrogen-bond acceptors (Lipinski definition) is 6. The standard InChI is InChI=1S/C18H24N6O/c25-18(11-14-5-1-2-6-14)21-10-9-20-16-12-17(23-13-22-16)24-15-7-3-4-8-19-15/h3-4,7-8,12-14H,1-2,5-6,9-11H2,(H,21,25)(H2,19,20,22,23,24). The summed E-state index contributed by atoms with van der Waals surface area (Å²) in [6.07, 6.45) is 8.79. The van der Waals surface area contributed by atoms with Crippen molar-refractivity contribution in [3.63, 3.8) is 0 Å². The number of nitrogens with one attached hydrogen (secondary N) is 3. The van der Waals surface area contributed by atoms with Crippen LogP contribution in [0, 0.1) is 5.92 Å². The molecule has 0 atom stereocenters. The Bertz CT molecular complexity index is 672. The van der Waals surface area contributed by atoms with Crippen LogP contribution in [-0.2, 0) is 4.79 Å². The van der Waals surface area contributed by atoms with Crippen LogP contribution in [0.1, 0.15) is 32.1 Å². The number of anilines is 3. The molecule has 0 aliphatic heterocycles. The topological polar surface area (TPSA) is 91.8 Å². The van der Waals surface area contributed by atoms with Crippen LogP contribution in [0.4, 0.5) is 17.5 Å². The molecule has 0 unspecified atom stereocenters. The van der Waals surface area contributed by atoms with Gasteiger partial charge < -0.3 is 16.0 Å². The minimum atomic E-state index is 0.147. The first-order valence-electron chi connectivity index (χ1n) is 8.80. The van der Waals surface area contributed by atoms with Crippen molar-refractivity contribution in [1.29, 1.82) is 0 Å². The normalized spacial score (nSPS) is 14.2. The maximum absolute atomic E-state index is 11.9. The van der Waals surface area contributed by atoms with E-state index < -0.39 is 0 Å². The number of rotatable bonds is 8. The van der Waals surface area contributed by atoms with E-state index in [0.717, 1.165) is 5.82 Å². The first-order valence-corrected chi connectivity index (χ1v) is 8.80.